The number of ether oxygens (including phenoxy) is 1. The molecule has 0 unspecified atom stereocenters. The van der Waals surface area contributed by atoms with Gasteiger partial charge in [-0.05, 0) is 62.8 Å². The van der Waals surface area contributed by atoms with E-state index in [1.54, 1.807) is 0 Å². The van der Waals surface area contributed by atoms with Gasteiger partial charge < -0.3 is 10.1 Å². The van der Waals surface area contributed by atoms with Gasteiger partial charge in [0.15, 0.2) is 0 Å². The number of anilines is 1. The minimum atomic E-state index is -0.587. The second-order valence-corrected chi connectivity index (χ2v) is 6.05. The standard InChI is InChI=1S/C16H22ClNO2/c1-3-20-15(19)16(10-8-12(2)9-11-16)18-14-6-4-13(17)5-7-14/h4-7,12,18H,3,8-11H2,1-2H3. The second kappa shape index (κ2) is 6.49. The van der Waals surface area contributed by atoms with E-state index in [2.05, 4.69) is 12.2 Å². The van der Waals surface area contributed by atoms with Crippen LogP contribution >= 0.6 is 11.6 Å². The molecular weight excluding hydrogens is 274 g/mol. The Kier molecular flexibility index (Phi) is 4.92. The Balaban J connectivity index is 2.18. The molecule has 1 saturated carbocycles. The van der Waals surface area contributed by atoms with Crippen molar-refractivity contribution in [3.63, 3.8) is 0 Å². The lowest BCUT2D eigenvalue weighted by molar-refractivity contribution is -0.150. The van der Waals surface area contributed by atoms with E-state index in [1.807, 2.05) is 31.2 Å². The molecule has 110 valence electrons. The number of carbonyl (C=O) groups excluding carboxylic acids is 1. The van der Waals surface area contributed by atoms with Crippen LogP contribution in [-0.4, -0.2) is 18.1 Å². The van der Waals surface area contributed by atoms with Crippen LogP contribution < -0.4 is 5.32 Å². The lowest BCUT2D eigenvalue weighted by Crippen LogP contribution is -2.50. The van der Waals surface area contributed by atoms with Crippen LogP contribution in [0.15, 0.2) is 24.3 Å². The summed E-state index contributed by atoms with van der Waals surface area (Å²) in [6.45, 7) is 4.50. The van der Waals surface area contributed by atoms with Crippen molar-refractivity contribution in [1.29, 1.82) is 0 Å². The molecule has 1 N–H and O–H groups in total. The number of carbonyl (C=O) groups is 1. The van der Waals surface area contributed by atoms with E-state index in [9.17, 15) is 4.79 Å². The molecule has 0 atom stereocenters. The zero-order valence-corrected chi connectivity index (χ0v) is 12.9. The first-order valence-corrected chi connectivity index (χ1v) is 7.64. The molecule has 1 aliphatic carbocycles. The van der Waals surface area contributed by atoms with Crippen LogP contribution in [-0.2, 0) is 9.53 Å². The summed E-state index contributed by atoms with van der Waals surface area (Å²) in [5.41, 5.74) is 0.327. The van der Waals surface area contributed by atoms with Crippen molar-refractivity contribution in [2.45, 2.75) is 45.1 Å². The average Bonchev–Trinajstić information content (AvgIpc) is 2.44. The minimum absolute atomic E-state index is 0.137. The third kappa shape index (κ3) is 3.45. The number of benzene rings is 1. The normalized spacial score (nSPS) is 26.1. The van der Waals surface area contributed by atoms with Crippen LogP contribution in [0.2, 0.25) is 5.02 Å². The molecule has 2 rings (SSSR count). The van der Waals surface area contributed by atoms with E-state index in [0.29, 0.717) is 17.5 Å². The fraction of sp³-hybridized carbons (Fsp3) is 0.562. The highest BCUT2D eigenvalue weighted by atomic mass is 35.5. The molecule has 4 heteroatoms. The van der Waals surface area contributed by atoms with Gasteiger partial charge >= 0.3 is 5.97 Å². The van der Waals surface area contributed by atoms with Crippen molar-refractivity contribution in [2.24, 2.45) is 5.92 Å². The smallest absolute Gasteiger partial charge is 0.331 e. The van der Waals surface area contributed by atoms with Crippen LogP contribution in [0.25, 0.3) is 0 Å². The van der Waals surface area contributed by atoms with Gasteiger partial charge in [0.25, 0.3) is 0 Å². The van der Waals surface area contributed by atoms with Crippen molar-refractivity contribution in [1.82, 2.24) is 0 Å². The van der Waals surface area contributed by atoms with Gasteiger partial charge in [-0.1, -0.05) is 18.5 Å². The highest BCUT2D eigenvalue weighted by Crippen LogP contribution is 2.35. The van der Waals surface area contributed by atoms with Crippen molar-refractivity contribution >= 4 is 23.3 Å². The lowest BCUT2D eigenvalue weighted by atomic mass is 9.77. The third-order valence-electron chi connectivity index (χ3n) is 4.02. The summed E-state index contributed by atoms with van der Waals surface area (Å²) in [4.78, 5) is 12.4. The molecule has 20 heavy (non-hydrogen) atoms. The number of hydrogen-bond donors (Lipinski definition) is 1. The van der Waals surface area contributed by atoms with E-state index in [0.717, 1.165) is 31.4 Å². The van der Waals surface area contributed by atoms with Crippen molar-refractivity contribution in [2.75, 3.05) is 11.9 Å². The average molecular weight is 296 g/mol. The van der Waals surface area contributed by atoms with Crippen molar-refractivity contribution in [3.05, 3.63) is 29.3 Å². The second-order valence-electron chi connectivity index (χ2n) is 5.62. The van der Waals surface area contributed by atoms with Gasteiger partial charge in [-0.15, -0.1) is 0 Å². The summed E-state index contributed by atoms with van der Waals surface area (Å²) in [7, 11) is 0. The van der Waals surface area contributed by atoms with Gasteiger partial charge in [-0.2, -0.15) is 0 Å². The number of rotatable bonds is 4. The minimum Gasteiger partial charge on any atom is -0.464 e. The first-order chi connectivity index (χ1) is 9.55. The van der Waals surface area contributed by atoms with Gasteiger partial charge in [-0.25, -0.2) is 4.79 Å². The number of halogens is 1. The molecule has 0 saturated heterocycles. The number of nitrogens with one attached hydrogen (secondary N) is 1. The van der Waals surface area contributed by atoms with Gasteiger partial charge in [0.05, 0.1) is 6.61 Å². The van der Waals surface area contributed by atoms with Gasteiger partial charge in [0.2, 0.25) is 0 Å². The van der Waals surface area contributed by atoms with Crippen LogP contribution in [0.5, 0.6) is 0 Å². The summed E-state index contributed by atoms with van der Waals surface area (Å²) < 4.78 is 5.29. The van der Waals surface area contributed by atoms with E-state index in [1.165, 1.54) is 0 Å². The molecule has 3 nitrogen and oxygen atoms in total. The largest absolute Gasteiger partial charge is 0.464 e. The van der Waals surface area contributed by atoms with Gasteiger partial charge in [0, 0.05) is 10.7 Å². The Morgan fingerprint density at radius 1 is 1.35 bits per heavy atom. The first kappa shape index (κ1) is 15.2. The van der Waals surface area contributed by atoms with E-state index in [-0.39, 0.29) is 5.97 Å². The molecule has 0 aromatic heterocycles. The monoisotopic (exact) mass is 295 g/mol. The fourth-order valence-corrected chi connectivity index (χ4v) is 2.84. The van der Waals surface area contributed by atoms with E-state index in [4.69, 9.17) is 16.3 Å². The molecule has 0 heterocycles. The molecule has 0 amide bonds. The Labute approximate surface area is 125 Å². The Morgan fingerprint density at radius 3 is 2.50 bits per heavy atom. The van der Waals surface area contributed by atoms with Gasteiger partial charge in [0.1, 0.15) is 5.54 Å². The van der Waals surface area contributed by atoms with Gasteiger partial charge in [-0.3, -0.25) is 0 Å². The van der Waals surface area contributed by atoms with Crippen molar-refractivity contribution in [3.8, 4) is 0 Å². The third-order valence-corrected chi connectivity index (χ3v) is 4.27. The van der Waals surface area contributed by atoms with Crippen LogP contribution in [0.1, 0.15) is 39.5 Å². The summed E-state index contributed by atoms with van der Waals surface area (Å²) in [6, 6.07) is 7.46. The highest BCUT2D eigenvalue weighted by molar-refractivity contribution is 6.30. The number of esters is 1. The van der Waals surface area contributed by atoms with Crippen molar-refractivity contribution < 1.29 is 9.53 Å². The number of hydrogen-bond acceptors (Lipinski definition) is 3. The molecule has 1 aromatic rings. The molecule has 1 aliphatic rings. The maximum Gasteiger partial charge on any atom is 0.331 e. The predicted octanol–water partition coefficient (Wildman–Crippen LogP) is 4.26. The Bertz CT molecular complexity index is 450. The summed E-state index contributed by atoms with van der Waals surface area (Å²) in [6.07, 6.45) is 3.71. The SMILES string of the molecule is CCOC(=O)C1(Nc2ccc(Cl)cc2)CCC(C)CC1. The molecule has 0 spiro atoms. The van der Waals surface area contributed by atoms with Crippen LogP contribution in [0.3, 0.4) is 0 Å². The van der Waals surface area contributed by atoms with Crippen LogP contribution in [0.4, 0.5) is 5.69 Å². The Hall–Kier alpha value is -1.22. The molecule has 1 fully saturated rings. The zero-order valence-electron chi connectivity index (χ0n) is 12.1. The topological polar surface area (TPSA) is 38.3 Å². The highest BCUT2D eigenvalue weighted by Gasteiger charge is 2.42. The fourth-order valence-electron chi connectivity index (χ4n) is 2.71. The molecule has 0 radical (unpaired) electrons. The van der Waals surface area contributed by atoms with E-state index >= 15 is 0 Å². The quantitative estimate of drug-likeness (QED) is 0.843. The molecular formula is C16H22ClNO2. The first-order valence-electron chi connectivity index (χ1n) is 7.27. The van der Waals surface area contributed by atoms with E-state index < -0.39 is 5.54 Å². The lowest BCUT2D eigenvalue weighted by Gasteiger charge is -2.38. The molecule has 0 aliphatic heterocycles. The Morgan fingerprint density at radius 2 is 1.95 bits per heavy atom. The summed E-state index contributed by atoms with van der Waals surface area (Å²) in [5.74, 6) is 0.534. The summed E-state index contributed by atoms with van der Waals surface area (Å²) in [5, 5.41) is 4.09. The maximum atomic E-state index is 12.4. The maximum absolute atomic E-state index is 12.4. The zero-order chi connectivity index (χ0) is 14.6. The summed E-state index contributed by atoms with van der Waals surface area (Å²) >= 11 is 5.90. The van der Waals surface area contributed by atoms with Crippen LogP contribution in [0, 0.1) is 5.92 Å². The molecule has 1 aromatic carbocycles. The predicted molar refractivity (Wildman–Crippen MR) is 82.1 cm³/mol. The molecule has 0 bridgehead atoms.